The molecule has 0 bridgehead atoms. The van der Waals surface area contributed by atoms with E-state index in [1.54, 1.807) is 20.3 Å². The van der Waals surface area contributed by atoms with E-state index >= 15 is 0 Å². The Kier molecular flexibility index (Phi) is 7.40. The Morgan fingerprint density at radius 3 is 2.04 bits per heavy atom. The van der Waals surface area contributed by atoms with Gasteiger partial charge in [0.1, 0.15) is 0 Å². The zero-order chi connectivity index (χ0) is 20.8. The molecule has 0 heterocycles. The van der Waals surface area contributed by atoms with Gasteiger partial charge in [-0.2, -0.15) is 0 Å². The first-order valence-corrected chi connectivity index (χ1v) is 9.20. The topological polar surface area (TPSA) is 77.4 Å². The molecule has 0 aromatic heterocycles. The largest absolute Gasteiger partial charge is 0.504 e. The number of hydrogen-bond donors (Lipinski definition) is 2. The average Bonchev–Trinajstić information content (AvgIpc) is 2.71. The molecule has 28 heavy (non-hydrogen) atoms. The lowest BCUT2D eigenvalue weighted by molar-refractivity contribution is 0.0866. The predicted molar refractivity (Wildman–Crippen MR) is 108 cm³/mol. The fourth-order valence-corrected chi connectivity index (χ4v) is 3.32. The lowest BCUT2D eigenvalue weighted by atomic mass is 9.83. The second-order valence-electron chi connectivity index (χ2n) is 6.95. The van der Waals surface area contributed by atoms with Crippen molar-refractivity contribution in [3.05, 3.63) is 41.5 Å². The summed E-state index contributed by atoms with van der Waals surface area (Å²) in [7, 11) is 6.18. The van der Waals surface area contributed by atoms with E-state index in [9.17, 15) is 10.2 Å². The van der Waals surface area contributed by atoms with Crippen molar-refractivity contribution < 1.29 is 29.2 Å². The van der Waals surface area contributed by atoms with Gasteiger partial charge < -0.3 is 29.2 Å². The molecule has 0 amide bonds. The van der Waals surface area contributed by atoms with E-state index in [2.05, 4.69) is 6.92 Å². The summed E-state index contributed by atoms with van der Waals surface area (Å²) in [6.07, 6.45) is -0.00134. The van der Waals surface area contributed by atoms with Gasteiger partial charge in [-0.15, -0.1) is 0 Å². The highest BCUT2D eigenvalue weighted by Gasteiger charge is 2.25. The monoisotopic (exact) mass is 390 g/mol. The third-order valence-corrected chi connectivity index (χ3v) is 5.22. The summed E-state index contributed by atoms with van der Waals surface area (Å²) in [6.45, 7) is 4.08. The maximum absolute atomic E-state index is 10.9. The predicted octanol–water partition coefficient (Wildman–Crippen LogP) is 3.97. The van der Waals surface area contributed by atoms with Crippen LogP contribution in [0, 0.1) is 11.8 Å². The Bertz CT molecular complexity index is 789. The van der Waals surface area contributed by atoms with E-state index in [4.69, 9.17) is 18.9 Å². The molecule has 0 saturated carbocycles. The first kappa shape index (κ1) is 21.7. The third kappa shape index (κ3) is 4.62. The Morgan fingerprint density at radius 1 is 0.821 bits per heavy atom. The molecule has 0 saturated heterocycles. The van der Waals surface area contributed by atoms with E-state index in [-0.39, 0.29) is 23.3 Å². The fraction of sp³-hybridized carbons (Fsp3) is 0.455. The van der Waals surface area contributed by atoms with E-state index in [0.29, 0.717) is 22.8 Å². The van der Waals surface area contributed by atoms with E-state index in [0.717, 1.165) is 12.0 Å². The van der Waals surface area contributed by atoms with Crippen LogP contribution in [0.15, 0.2) is 30.3 Å². The van der Waals surface area contributed by atoms with Crippen LogP contribution in [0.5, 0.6) is 28.7 Å². The van der Waals surface area contributed by atoms with Crippen LogP contribution in [-0.2, 0) is 6.42 Å². The number of methoxy groups -OCH3 is 4. The minimum atomic E-state index is -0.763. The van der Waals surface area contributed by atoms with Crippen LogP contribution in [0.25, 0.3) is 0 Å². The van der Waals surface area contributed by atoms with Crippen LogP contribution in [0.2, 0.25) is 0 Å². The normalized spacial score (nSPS) is 14.1. The summed E-state index contributed by atoms with van der Waals surface area (Å²) in [6, 6.07) is 9.05. The van der Waals surface area contributed by atoms with Gasteiger partial charge in [0.2, 0.25) is 5.75 Å². The van der Waals surface area contributed by atoms with Crippen molar-refractivity contribution in [1.29, 1.82) is 0 Å². The molecule has 154 valence electrons. The van der Waals surface area contributed by atoms with Crippen molar-refractivity contribution in [1.82, 2.24) is 0 Å². The number of aliphatic hydroxyl groups excluding tert-OH is 1. The zero-order valence-electron chi connectivity index (χ0n) is 17.4. The second-order valence-corrected chi connectivity index (χ2v) is 6.95. The van der Waals surface area contributed by atoms with Crippen LogP contribution >= 0.6 is 0 Å². The van der Waals surface area contributed by atoms with Crippen molar-refractivity contribution in [3.8, 4) is 28.7 Å². The van der Waals surface area contributed by atoms with Gasteiger partial charge in [-0.3, -0.25) is 0 Å². The molecule has 2 aromatic carbocycles. The van der Waals surface area contributed by atoms with E-state index in [1.807, 2.05) is 25.1 Å². The van der Waals surface area contributed by atoms with Gasteiger partial charge in [-0.05, 0) is 53.6 Å². The molecule has 0 aliphatic carbocycles. The van der Waals surface area contributed by atoms with Crippen molar-refractivity contribution in [2.24, 2.45) is 11.8 Å². The summed E-state index contributed by atoms with van der Waals surface area (Å²) in [4.78, 5) is 0. The highest BCUT2D eigenvalue weighted by Crippen LogP contribution is 2.41. The minimum Gasteiger partial charge on any atom is -0.504 e. The molecule has 6 heteroatoms. The molecule has 6 nitrogen and oxygen atoms in total. The lowest BCUT2D eigenvalue weighted by Gasteiger charge is -2.26. The molecular weight excluding hydrogens is 360 g/mol. The van der Waals surface area contributed by atoms with Crippen LogP contribution < -0.4 is 18.9 Å². The van der Waals surface area contributed by atoms with E-state index < -0.39 is 6.10 Å². The third-order valence-electron chi connectivity index (χ3n) is 5.22. The highest BCUT2D eigenvalue weighted by atomic mass is 16.5. The van der Waals surface area contributed by atoms with Crippen molar-refractivity contribution in [2.45, 2.75) is 26.4 Å². The SMILES string of the molecule is COc1ccc(CC(C)C(C)C(O)c2cc(O)c(OC)c(OC)c2)cc1OC. The summed E-state index contributed by atoms with van der Waals surface area (Å²) in [5.74, 6) is 2.06. The van der Waals surface area contributed by atoms with Crippen molar-refractivity contribution in [2.75, 3.05) is 28.4 Å². The summed E-state index contributed by atoms with van der Waals surface area (Å²) < 4.78 is 21.1. The number of benzene rings is 2. The number of phenols is 1. The molecule has 3 atom stereocenters. The lowest BCUT2D eigenvalue weighted by Crippen LogP contribution is -2.19. The molecule has 0 aliphatic heterocycles. The van der Waals surface area contributed by atoms with Crippen LogP contribution in [0.3, 0.4) is 0 Å². The van der Waals surface area contributed by atoms with Crippen LogP contribution in [0.1, 0.15) is 31.1 Å². The number of ether oxygens (including phenoxy) is 4. The van der Waals surface area contributed by atoms with Gasteiger partial charge in [0, 0.05) is 0 Å². The highest BCUT2D eigenvalue weighted by molar-refractivity contribution is 5.53. The first-order valence-electron chi connectivity index (χ1n) is 9.20. The molecule has 0 spiro atoms. The molecule has 2 N–H and O–H groups in total. The fourth-order valence-electron chi connectivity index (χ4n) is 3.32. The number of aromatic hydroxyl groups is 1. The smallest absolute Gasteiger partial charge is 0.203 e. The quantitative estimate of drug-likeness (QED) is 0.675. The molecule has 0 radical (unpaired) electrons. The van der Waals surface area contributed by atoms with Gasteiger partial charge >= 0.3 is 0 Å². The van der Waals surface area contributed by atoms with Gasteiger partial charge in [0.25, 0.3) is 0 Å². The Balaban J connectivity index is 2.18. The van der Waals surface area contributed by atoms with Crippen LogP contribution in [-0.4, -0.2) is 38.7 Å². The maximum atomic E-state index is 10.9. The second kappa shape index (κ2) is 9.55. The molecule has 3 unspecified atom stereocenters. The summed E-state index contributed by atoms with van der Waals surface area (Å²) in [5, 5.41) is 21.0. The zero-order valence-corrected chi connectivity index (χ0v) is 17.4. The molecule has 0 aliphatic rings. The van der Waals surface area contributed by atoms with Gasteiger partial charge in [-0.1, -0.05) is 19.9 Å². The Morgan fingerprint density at radius 2 is 1.46 bits per heavy atom. The molecular formula is C22H30O6. The van der Waals surface area contributed by atoms with Gasteiger partial charge in [0.15, 0.2) is 23.0 Å². The number of hydrogen-bond acceptors (Lipinski definition) is 6. The van der Waals surface area contributed by atoms with Gasteiger partial charge in [-0.25, -0.2) is 0 Å². The number of rotatable bonds is 9. The minimum absolute atomic E-state index is 0.0596. The number of phenolic OH excluding ortho intramolecular Hbond substituents is 1. The maximum Gasteiger partial charge on any atom is 0.203 e. The van der Waals surface area contributed by atoms with Crippen molar-refractivity contribution >= 4 is 0 Å². The average molecular weight is 390 g/mol. The number of aliphatic hydroxyl groups is 1. The first-order chi connectivity index (χ1) is 13.4. The van der Waals surface area contributed by atoms with Gasteiger partial charge in [0.05, 0.1) is 34.5 Å². The van der Waals surface area contributed by atoms with Crippen molar-refractivity contribution in [3.63, 3.8) is 0 Å². The Hall–Kier alpha value is -2.60. The standard InChI is InChI=1S/C22H30O6/c1-13(9-15-7-8-18(25-3)19(10-15)26-4)14(2)21(24)16-11-17(23)22(28-6)20(12-16)27-5/h7-8,10-14,21,23-24H,9H2,1-6H3. The summed E-state index contributed by atoms with van der Waals surface area (Å²) in [5.41, 5.74) is 1.68. The molecule has 2 aromatic rings. The Labute approximate surface area is 166 Å². The molecule has 2 rings (SSSR count). The summed E-state index contributed by atoms with van der Waals surface area (Å²) >= 11 is 0. The molecule has 0 fully saturated rings. The van der Waals surface area contributed by atoms with E-state index in [1.165, 1.54) is 20.3 Å². The van der Waals surface area contributed by atoms with Crippen LogP contribution in [0.4, 0.5) is 0 Å².